The maximum Gasteiger partial charge on any atom is 0.242 e. The summed E-state index contributed by atoms with van der Waals surface area (Å²) < 4.78 is 1.87. The molecule has 8 heteroatoms. The van der Waals surface area contributed by atoms with Gasteiger partial charge in [0.15, 0.2) is 0 Å². The van der Waals surface area contributed by atoms with Crippen molar-refractivity contribution in [3.63, 3.8) is 0 Å². The van der Waals surface area contributed by atoms with Crippen molar-refractivity contribution in [2.75, 3.05) is 26.7 Å². The SMILES string of the molecule is Cc1nn(-c2ccccc2)c(C)c1[C@H]1C(=O)NCCN1CC(=O)N(C)Cc1ccsc1. The van der Waals surface area contributed by atoms with Crippen LogP contribution in [0.2, 0.25) is 0 Å². The summed E-state index contributed by atoms with van der Waals surface area (Å²) in [7, 11) is 1.81. The second-order valence-corrected chi connectivity index (χ2v) is 8.66. The van der Waals surface area contributed by atoms with Gasteiger partial charge in [-0.2, -0.15) is 16.4 Å². The normalized spacial score (nSPS) is 16.9. The van der Waals surface area contributed by atoms with Crippen LogP contribution in [0.1, 0.15) is 28.6 Å². The molecule has 7 nitrogen and oxygen atoms in total. The lowest BCUT2D eigenvalue weighted by Crippen LogP contribution is -2.53. The number of amides is 2. The topological polar surface area (TPSA) is 70.5 Å². The highest BCUT2D eigenvalue weighted by molar-refractivity contribution is 7.07. The van der Waals surface area contributed by atoms with Gasteiger partial charge in [-0.15, -0.1) is 0 Å². The molecule has 1 aliphatic heterocycles. The number of piperazine rings is 1. The minimum absolute atomic E-state index is 0.00310. The fraction of sp³-hybridized carbons (Fsp3) is 0.348. The summed E-state index contributed by atoms with van der Waals surface area (Å²) in [6.07, 6.45) is 0. The summed E-state index contributed by atoms with van der Waals surface area (Å²) in [6.45, 7) is 5.80. The Hall–Kier alpha value is -2.97. The number of rotatable bonds is 6. The van der Waals surface area contributed by atoms with Gasteiger partial charge in [0.2, 0.25) is 11.8 Å². The number of hydrogen-bond donors (Lipinski definition) is 1. The van der Waals surface area contributed by atoms with Gasteiger partial charge in [0.05, 0.1) is 17.9 Å². The van der Waals surface area contributed by atoms with Crippen molar-refractivity contribution in [1.29, 1.82) is 0 Å². The molecule has 3 aromatic rings. The number of aryl methyl sites for hydroxylation is 1. The first-order valence-corrected chi connectivity index (χ1v) is 11.3. The number of carbonyl (C=O) groups excluding carboxylic acids is 2. The van der Waals surface area contributed by atoms with Crippen LogP contribution in [0.25, 0.3) is 5.69 Å². The van der Waals surface area contributed by atoms with E-state index in [1.165, 1.54) is 0 Å². The zero-order chi connectivity index (χ0) is 22.0. The van der Waals surface area contributed by atoms with E-state index >= 15 is 0 Å². The van der Waals surface area contributed by atoms with Gasteiger partial charge in [-0.1, -0.05) is 18.2 Å². The monoisotopic (exact) mass is 437 g/mol. The molecule has 1 aromatic carbocycles. The van der Waals surface area contributed by atoms with Crippen molar-refractivity contribution in [3.05, 3.63) is 69.7 Å². The highest BCUT2D eigenvalue weighted by atomic mass is 32.1. The van der Waals surface area contributed by atoms with Gasteiger partial charge in [-0.3, -0.25) is 14.5 Å². The number of hydrogen-bond acceptors (Lipinski definition) is 5. The minimum atomic E-state index is -0.537. The zero-order valence-corrected chi connectivity index (χ0v) is 18.9. The molecule has 1 atom stereocenters. The van der Waals surface area contributed by atoms with E-state index < -0.39 is 6.04 Å². The Bertz CT molecular complexity index is 1060. The molecule has 1 aliphatic rings. The van der Waals surface area contributed by atoms with E-state index in [1.54, 1.807) is 16.2 Å². The molecule has 0 aliphatic carbocycles. The standard InChI is InChI=1S/C23H27N5O2S/c1-16-21(17(2)28(25-16)19-7-5-4-6-8-19)22-23(30)24-10-11-27(22)14-20(29)26(3)13-18-9-12-31-15-18/h4-9,12,15,22H,10-11,13-14H2,1-3H3,(H,24,30)/t22-/m0/s1. The quantitative estimate of drug-likeness (QED) is 0.644. The van der Waals surface area contributed by atoms with Crippen LogP contribution in [-0.2, 0) is 16.1 Å². The van der Waals surface area contributed by atoms with E-state index in [1.807, 2.05) is 77.6 Å². The lowest BCUT2D eigenvalue weighted by Gasteiger charge is -2.35. The van der Waals surface area contributed by atoms with Crippen LogP contribution in [0, 0.1) is 13.8 Å². The lowest BCUT2D eigenvalue weighted by molar-refractivity contribution is -0.136. The first-order valence-electron chi connectivity index (χ1n) is 10.3. The maximum atomic E-state index is 13.0. The average molecular weight is 438 g/mol. The number of benzene rings is 1. The Morgan fingerprint density at radius 3 is 2.74 bits per heavy atom. The Labute approximate surface area is 186 Å². The van der Waals surface area contributed by atoms with Gasteiger partial charge in [0.1, 0.15) is 6.04 Å². The van der Waals surface area contributed by atoms with Gasteiger partial charge >= 0.3 is 0 Å². The third kappa shape index (κ3) is 4.40. The zero-order valence-electron chi connectivity index (χ0n) is 18.0. The van der Waals surface area contributed by atoms with E-state index in [2.05, 4.69) is 5.32 Å². The predicted molar refractivity (Wildman–Crippen MR) is 121 cm³/mol. The Kier molecular flexibility index (Phi) is 6.20. The Morgan fingerprint density at radius 1 is 1.26 bits per heavy atom. The van der Waals surface area contributed by atoms with Crippen molar-refractivity contribution in [3.8, 4) is 5.69 Å². The second kappa shape index (κ2) is 9.03. The molecule has 162 valence electrons. The summed E-state index contributed by atoms with van der Waals surface area (Å²) in [4.78, 5) is 29.6. The van der Waals surface area contributed by atoms with E-state index in [-0.39, 0.29) is 18.4 Å². The molecule has 1 saturated heterocycles. The number of nitrogens with zero attached hydrogens (tertiary/aromatic N) is 4. The molecule has 0 unspecified atom stereocenters. The smallest absolute Gasteiger partial charge is 0.242 e. The van der Waals surface area contributed by atoms with E-state index in [9.17, 15) is 9.59 Å². The van der Waals surface area contributed by atoms with Crippen LogP contribution in [0.4, 0.5) is 0 Å². The fourth-order valence-corrected chi connectivity index (χ4v) is 4.77. The number of para-hydroxylation sites is 1. The third-order valence-electron chi connectivity index (χ3n) is 5.70. The lowest BCUT2D eigenvalue weighted by atomic mass is 10.00. The van der Waals surface area contributed by atoms with Gasteiger partial charge in [0, 0.05) is 37.9 Å². The fourth-order valence-electron chi connectivity index (χ4n) is 4.11. The molecule has 2 amide bonds. The van der Waals surface area contributed by atoms with Gasteiger partial charge in [0.25, 0.3) is 0 Å². The molecule has 1 N–H and O–H groups in total. The highest BCUT2D eigenvalue weighted by Gasteiger charge is 2.36. The molecular formula is C23H27N5O2S. The van der Waals surface area contributed by atoms with Crippen molar-refractivity contribution >= 4 is 23.2 Å². The summed E-state index contributed by atoms with van der Waals surface area (Å²) in [5.74, 6) is -0.0880. The number of carbonyl (C=O) groups is 2. The van der Waals surface area contributed by atoms with Crippen LogP contribution in [0.5, 0.6) is 0 Å². The summed E-state index contributed by atoms with van der Waals surface area (Å²) in [5.41, 5.74) is 4.64. The van der Waals surface area contributed by atoms with Gasteiger partial charge in [-0.25, -0.2) is 4.68 Å². The van der Waals surface area contributed by atoms with E-state index in [0.29, 0.717) is 19.6 Å². The Balaban J connectivity index is 1.59. The molecule has 0 bridgehead atoms. The van der Waals surface area contributed by atoms with Crippen molar-refractivity contribution < 1.29 is 9.59 Å². The summed E-state index contributed by atoms with van der Waals surface area (Å²) in [6, 6.07) is 11.4. The highest BCUT2D eigenvalue weighted by Crippen LogP contribution is 2.30. The summed E-state index contributed by atoms with van der Waals surface area (Å²) >= 11 is 1.62. The molecule has 0 radical (unpaired) electrons. The number of thiophene rings is 1. The molecule has 0 spiro atoms. The molecule has 2 aromatic heterocycles. The molecule has 0 saturated carbocycles. The second-order valence-electron chi connectivity index (χ2n) is 7.88. The Morgan fingerprint density at radius 2 is 2.03 bits per heavy atom. The molecule has 4 rings (SSSR count). The van der Waals surface area contributed by atoms with Crippen molar-refractivity contribution in [2.45, 2.75) is 26.4 Å². The molecule has 3 heterocycles. The van der Waals surface area contributed by atoms with Crippen LogP contribution in [0.15, 0.2) is 47.2 Å². The largest absolute Gasteiger partial charge is 0.353 e. The minimum Gasteiger partial charge on any atom is -0.353 e. The first kappa shape index (κ1) is 21.3. The first-order chi connectivity index (χ1) is 15.0. The molecular weight excluding hydrogens is 410 g/mol. The van der Waals surface area contributed by atoms with Crippen LogP contribution >= 0.6 is 11.3 Å². The van der Waals surface area contributed by atoms with Crippen LogP contribution in [-0.4, -0.2) is 58.1 Å². The van der Waals surface area contributed by atoms with Crippen LogP contribution in [0.3, 0.4) is 0 Å². The summed E-state index contributed by atoms with van der Waals surface area (Å²) in [5, 5.41) is 11.7. The van der Waals surface area contributed by atoms with Gasteiger partial charge < -0.3 is 10.2 Å². The van der Waals surface area contributed by atoms with Crippen molar-refractivity contribution in [1.82, 2.24) is 24.9 Å². The van der Waals surface area contributed by atoms with Gasteiger partial charge in [-0.05, 0) is 48.4 Å². The van der Waals surface area contributed by atoms with Crippen molar-refractivity contribution in [2.24, 2.45) is 0 Å². The molecule has 1 fully saturated rings. The number of likely N-dealkylation sites (N-methyl/N-ethyl adjacent to an activating group) is 1. The third-order valence-corrected chi connectivity index (χ3v) is 6.43. The van der Waals surface area contributed by atoms with Crippen LogP contribution < -0.4 is 5.32 Å². The average Bonchev–Trinajstić information content (AvgIpc) is 3.37. The maximum absolute atomic E-state index is 13.0. The number of nitrogens with one attached hydrogen (secondary N) is 1. The molecule has 31 heavy (non-hydrogen) atoms. The number of aromatic nitrogens is 2. The van der Waals surface area contributed by atoms with E-state index in [4.69, 9.17) is 5.10 Å². The predicted octanol–water partition coefficient (Wildman–Crippen LogP) is 2.68. The van der Waals surface area contributed by atoms with E-state index in [0.717, 1.165) is 28.2 Å².